The monoisotopic (exact) mass is 382 g/mol. The number of hydrogen-bond donors (Lipinski definition) is 0. The quantitative estimate of drug-likeness (QED) is 0.188. The van der Waals surface area contributed by atoms with Gasteiger partial charge in [-0.15, -0.1) is 18.5 Å². The SMILES string of the molecule is [B]c1c(P)c(F)c(C)c(OC(=O)C(C)I)c1P. The van der Waals surface area contributed by atoms with E-state index in [1.807, 2.05) is 22.6 Å². The first-order chi connectivity index (χ1) is 7.77. The van der Waals surface area contributed by atoms with Crippen molar-refractivity contribution in [2.24, 2.45) is 0 Å². The Bertz CT molecular complexity index is 451. The first-order valence-corrected chi connectivity index (χ1v) is 7.15. The van der Waals surface area contributed by atoms with Crippen molar-refractivity contribution in [3.05, 3.63) is 11.4 Å². The van der Waals surface area contributed by atoms with Crippen LogP contribution in [0.25, 0.3) is 0 Å². The summed E-state index contributed by atoms with van der Waals surface area (Å²) in [7, 11) is 10.3. The number of halogens is 2. The standard InChI is InChI=1S/C10H11BFIO2P2/c1-3-6(12)8(16)5(11)9(17)7(3)15-10(14)4(2)13/h4H,16-17H2,1-2H3. The van der Waals surface area contributed by atoms with Gasteiger partial charge in [-0.1, -0.05) is 28.1 Å². The zero-order chi connectivity index (χ0) is 13.3. The lowest BCUT2D eigenvalue weighted by molar-refractivity contribution is -0.133. The number of ether oxygens (including phenoxy) is 1. The van der Waals surface area contributed by atoms with Crippen LogP contribution >= 0.6 is 41.1 Å². The second-order valence-corrected chi connectivity index (χ2v) is 6.57. The van der Waals surface area contributed by atoms with E-state index in [2.05, 4.69) is 18.5 Å². The molecule has 3 atom stereocenters. The van der Waals surface area contributed by atoms with Gasteiger partial charge in [0.15, 0.2) is 0 Å². The second kappa shape index (κ2) is 5.94. The van der Waals surface area contributed by atoms with Gasteiger partial charge < -0.3 is 4.74 Å². The average Bonchev–Trinajstić information content (AvgIpc) is 2.29. The molecular formula is C10H11BFIO2P2. The smallest absolute Gasteiger partial charge is 0.324 e. The minimum Gasteiger partial charge on any atom is -0.425 e. The van der Waals surface area contributed by atoms with Gasteiger partial charge in [0.05, 0.1) is 0 Å². The van der Waals surface area contributed by atoms with Crippen LogP contribution in [0.2, 0.25) is 0 Å². The lowest BCUT2D eigenvalue weighted by atomic mass is 9.93. The van der Waals surface area contributed by atoms with E-state index in [1.54, 1.807) is 13.8 Å². The van der Waals surface area contributed by atoms with Crippen molar-refractivity contribution in [2.45, 2.75) is 17.8 Å². The molecule has 0 saturated heterocycles. The molecule has 0 amide bonds. The van der Waals surface area contributed by atoms with E-state index in [1.165, 1.54) is 0 Å². The van der Waals surface area contributed by atoms with Gasteiger partial charge in [0.25, 0.3) is 0 Å². The Morgan fingerprint density at radius 1 is 1.47 bits per heavy atom. The number of hydrogen-bond acceptors (Lipinski definition) is 2. The van der Waals surface area contributed by atoms with Crippen LogP contribution in [-0.4, -0.2) is 17.7 Å². The molecule has 0 aliphatic carbocycles. The Morgan fingerprint density at radius 2 is 2.00 bits per heavy atom. The summed E-state index contributed by atoms with van der Waals surface area (Å²) in [5.74, 6) is -0.708. The summed E-state index contributed by atoms with van der Waals surface area (Å²) in [6, 6.07) is 0. The van der Waals surface area contributed by atoms with Gasteiger partial charge in [0.1, 0.15) is 23.3 Å². The number of carbonyl (C=O) groups excluding carboxylic acids is 1. The van der Waals surface area contributed by atoms with Gasteiger partial charge in [-0.3, -0.25) is 4.79 Å². The summed E-state index contributed by atoms with van der Waals surface area (Å²) in [6.07, 6.45) is 0. The Morgan fingerprint density at radius 3 is 2.47 bits per heavy atom. The third-order valence-electron chi connectivity index (χ3n) is 2.26. The summed E-state index contributed by atoms with van der Waals surface area (Å²) in [6.45, 7) is 3.25. The first-order valence-electron chi connectivity index (χ1n) is 4.75. The van der Waals surface area contributed by atoms with Gasteiger partial charge in [-0.25, -0.2) is 4.39 Å². The van der Waals surface area contributed by atoms with Crippen LogP contribution in [0.1, 0.15) is 12.5 Å². The maximum Gasteiger partial charge on any atom is 0.324 e. The van der Waals surface area contributed by atoms with E-state index in [0.717, 1.165) is 0 Å². The summed E-state index contributed by atoms with van der Waals surface area (Å²) in [5.41, 5.74) is 0.534. The molecular weight excluding hydrogens is 371 g/mol. The van der Waals surface area contributed by atoms with Gasteiger partial charge in [0, 0.05) is 10.9 Å². The summed E-state index contributed by atoms with van der Waals surface area (Å²) >= 11 is 1.93. The highest BCUT2D eigenvalue weighted by Crippen LogP contribution is 2.20. The second-order valence-electron chi connectivity index (χ2n) is 3.55. The Labute approximate surface area is 119 Å². The van der Waals surface area contributed by atoms with E-state index in [9.17, 15) is 9.18 Å². The molecule has 3 unspecified atom stereocenters. The van der Waals surface area contributed by atoms with Gasteiger partial charge in [-0.2, -0.15) is 0 Å². The first kappa shape index (κ1) is 15.3. The molecule has 7 heteroatoms. The average molecular weight is 382 g/mol. The van der Waals surface area contributed by atoms with Crippen molar-refractivity contribution < 1.29 is 13.9 Å². The fourth-order valence-corrected chi connectivity index (χ4v) is 2.30. The highest BCUT2D eigenvalue weighted by Gasteiger charge is 2.20. The van der Waals surface area contributed by atoms with Gasteiger partial charge in [0.2, 0.25) is 0 Å². The fraction of sp³-hybridized carbons (Fsp3) is 0.300. The molecule has 0 spiro atoms. The molecule has 0 aliphatic heterocycles. The molecule has 0 N–H and O–H groups in total. The Balaban J connectivity index is 3.30. The molecule has 1 aromatic carbocycles. The molecule has 0 saturated carbocycles. The highest BCUT2D eigenvalue weighted by molar-refractivity contribution is 14.1. The van der Waals surface area contributed by atoms with Crippen molar-refractivity contribution in [3.8, 4) is 5.75 Å². The van der Waals surface area contributed by atoms with Crippen LogP contribution in [0.3, 0.4) is 0 Å². The van der Waals surface area contributed by atoms with Crippen molar-refractivity contribution in [1.29, 1.82) is 0 Å². The van der Waals surface area contributed by atoms with Crippen LogP contribution in [0.5, 0.6) is 5.75 Å². The summed E-state index contributed by atoms with van der Waals surface area (Å²) < 4.78 is 18.6. The van der Waals surface area contributed by atoms with E-state index in [0.29, 0.717) is 5.30 Å². The molecule has 17 heavy (non-hydrogen) atoms. The number of benzene rings is 1. The van der Waals surface area contributed by atoms with Crippen molar-refractivity contribution in [3.63, 3.8) is 0 Å². The van der Waals surface area contributed by atoms with Crippen LogP contribution < -0.4 is 20.8 Å². The molecule has 2 radical (unpaired) electrons. The van der Waals surface area contributed by atoms with Gasteiger partial charge >= 0.3 is 5.97 Å². The van der Waals surface area contributed by atoms with Gasteiger partial charge in [-0.05, 0) is 19.2 Å². The predicted octanol–water partition coefficient (Wildman–Crippen LogP) is 0.658. The molecule has 0 aromatic heterocycles. The third-order valence-corrected chi connectivity index (χ3v) is 3.90. The largest absolute Gasteiger partial charge is 0.425 e. The fourth-order valence-electron chi connectivity index (χ4n) is 1.20. The van der Waals surface area contributed by atoms with E-state index >= 15 is 0 Å². The minimum absolute atomic E-state index is 0.185. The topological polar surface area (TPSA) is 26.3 Å². The predicted molar refractivity (Wildman–Crippen MR) is 84.3 cm³/mol. The number of carbonyl (C=O) groups is 1. The lowest BCUT2D eigenvalue weighted by Gasteiger charge is -2.16. The molecule has 0 heterocycles. The Hall–Kier alpha value is 0.275. The van der Waals surface area contributed by atoms with Crippen LogP contribution in [-0.2, 0) is 4.79 Å². The lowest BCUT2D eigenvalue weighted by Crippen LogP contribution is -2.36. The van der Waals surface area contributed by atoms with Crippen LogP contribution in [0, 0.1) is 12.7 Å². The van der Waals surface area contributed by atoms with Crippen molar-refractivity contribution >= 4 is 71.0 Å². The zero-order valence-electron chi connectivity index (χ0n) is 9.38. The molecule has 90 valence electrons. The third kappa shape index (κ3) is 3.18. The molecule has 0 aliphatic rings. The maximum absolute atomic E-state index is 13.8. The normalized spacial score (nSPS) is 12.4. The molecule has 2 nitrogen and oxygen atoms in total. The molecule has 0 bridgehead atoms. The Kier molecular flexibility index (Phi) is 5.36. The van der Waals surface area contributed by atoms with E-state index < -0.39 is 11.8 Å². The van der Waals surface area contributed by atoms with Crippen molar-refractivity contribution in [2.75, 3.05) is 0 Å². The molecule has 1 aromatic rings. The molecule has 1 rings (SSSR count). The highest BCUT2D eigenvalue weighted by atomic mass is 127. The van der Waals surface area contributed by atoms with E-state index in [-0.39, 0.29) is 26.0 Å². The number of rotatable bonds is 2. The van der Waals surface area contributed by atoms with E-state index in [4.69, 9.17) is 12.6 Å². The minimum atomic E-state index is -0.470. The van der Waals surface area contributed by atoms with Crippen LogP contribution in [0.4, 0.5) is 4.39 Å². The van der Waals surface area contributed by atoms with Crippen LogP contribution in [0.15, 0.2) is 0 Å². The summed E-state index contributed by atoms with van der Waals surface area (Å²) in [4.78, 5) is 11.5. The molecule has 0 fully saturated rings. The zero-order valence-corrected chi connectivity index (χ0v) is 13.8. The number of esters is 1. The maximum atomic E-state index is 13.8. The summed E-state index contributed by atoms with van der Waals surface area (Å²) in [5, 5.41) is 0.786. The van der Waals surface area contributed by atoms with Crippen molar-refractivity contribution in [1.82, 2.24) is 0 Å². The number of alkyl halides is 1.